The number of aliphatic hydroxyl groups excluding tert-OH is 1. The summed E-state index contributed by atoms with van der Waals surface area (Å²) >= 11 is 3.19. The molecule has 0 saturated carbocycles. The standard InChI is InChI=1S/C6H11BrO3/c7-3-1-2-5(8)4-6(9)10/h5,8H,1-4H2,(H,9,10). The Hall–Kier alpha value is -0.0900. The van der Waals surface area contributed by atoms with Crippen LogP contribution in [0.5, 0.6) is 0 Å². The zero-order valence-electron chi connectivity index (χ0n) is 5.59. The van der Waals surface area contributed by atoms with Gasteiger partial charge in [-0.2, -0.15) is 0 Å². The highest BCUT2D eigenvalue weighted by molar-refractivity contribution is 9.09. The Bertz CT molecular complexity index is 105. The second kappa shape index (κ2) is 5.68. The van der Waals surface area contributed by atoms with Crippen molar-refractivity contribution in [2.75, 3.05) is 5.33 Å². The number of carboxylic acids is 1. The summed E-state index contributed by atoms with van der Waals surface area (Å²) in [5.74, 6) is -0.943. The van der Waals surface area contributed by atoms with E-state index in [-0.39, 0.29) is 6.42 Å². The van der Waals surface area contributed by atoms with E-state index in [1.807, 2.05) is 0 Å². The Balaban J connectivity index is 3.25. The van der Waals surface area contributed by atoms with Crippen LogP contribution in [0.2, 0.25) is 0 Å². The van der Waals surface area contributed by atoms with E-state index in [0.29, 0.717) is 6.42 Å². The van der Waals surface area contributed by atoms with E-state index in [1.165, 1.54) is 0 Å². The summed E-state index contributed by atoms with van der Waals surface area (Å²) in [5.41, 5.74) is 0. The highest BCUT2D eigenvalue weighted by Crippen LogP contribution is 2.02. The molecule has 3 nitrogen and oxygen atoms in total. The van der Waals surface area contributed by atoms with Crippen molar-refractivity contribution in [3.05, 3.63) is 0 Å². The molecule has 0 spiro atoms. The minimum Gasteiger partial charge on any atom is -0.481 e. The summed E-state index contributed by atoms with van der Waals surface area (Å²) in [5, 5.41) is 18.0. The first kappa shape index (κ1) is 9.91. The third kappa shape index (κ3) is 6.04. The Morgan fingerprint density at radius 3 is 2.60 bits per heavy atom. The van der Waals surface area contributed by atoms with Crippen LogP contribution >= 0.6 is 15.9 Å². The molecular formula is C6H11BrO3. The number of carboxylic acid groups (broad SMARTS) is 1. The average molecular weight is 211 g/mol. The van der Waals surface area contributed by atoms with Crippen molar-refractivity contribution in [2.45, 2.75) is 25.4 Å². The van der Waals surface area contributed by atoms with E-state index >= 15 is 0 Å². The third-order valence-electron chi connectivity index (χ3n) is 1.08. The second-order valence-electron chi connectivity index (χ2n) is 2.08. The number of aliphatic hydroxyl groups is 1. The molecule has 0 aliphatic heterocycles. The monoisotopic (exact) mass is 210 g/mol. The predicted octanol–water partition coefficient (Wildman–Crippen LogP) is 0.997. The maximum Gasteiger partial charge on any atom is 0.305 e. The van der Waals surface area contributed by atoms with E-state index in [1.54, 1.807) is 0 Å². The van der Waals surface area contributed by atoms with Crippen LogP contribution in [0.15, 0.2) is 0 Å². The zero-order valence-corrected chi connectivity index (χ0v) is 7.17. The predicted molar refractivity (Wildman–Crippen MR) is 41.3 cm³/mol. The van der Waals surface area contributed by atoms with Gasteiger partial charge in [0.25, 0.3) is 0 Å². The highest BCUT2D eigenvalue weighted by Gasteiger charge is 2.07. The van der Waals surface area contributed by atoms with Gasteiger partial charge in [0, 0.05) is 5.33 Å². The Kier molecular flexibility index (Phi) is 5.63. The largest absolute Gasteiger partial charge is 0.481 e. The van der Waals surface area contributed by atoms with Crippen LogP contribution in [-0.2, 0) is 4.79 Å². The van der Waals surface area contributed by atoms with Gasteiger partial charge in [0.15, 0.2) is 0 Å². The summed E-state index contributed by atoms with van der Waals surface area (Å²) in [7, 11) is 0. The number of carbonyl (C=O) groups is 1. The molecular weight excluding hydrogens is 200 g/mol. The lowest BCUT2D eigenvalue weighted by molar-refractivity contribution is -0.139. The van der Waals surface area contributed by atoms with E-state index in [4.69, 9.17) is 10.2 Å². The minimum absolute atomic E-state index is 0.146. The van der Waals surface area contributed by atoms with Crippen molar-refractivity contribution in [3.8, 4) is 0 Å². The fraction of sp³-hybridized carbons (Fsp3) is 0.833. The van der Waals surface area contributed by atoms with Gasteiger partial charge in [0.2, 0.25) is 0 Å². The summed E-state index contributed by atoms with van der Waals surface area (Å²) in [6.45, 7) is 0. The fourth-order valence-electron chi connectivity index (χ4n) is 0.616. The lowest BCUT2D eigenvalue weighted by Crippen LogP contribution is -2.12. The van der Waals surface area contributed by atoms with Gasteiger partial charge in [-0.05, 0) is 12.8 Å². The molecule has 0 heterocycles. The first-order valence-corrected chi connectivity index (χ1v) is 4.24. The molecule has 60 valence electrons. The number of hydrogen-bond donors (Lipinski definition) is 2. The molecule has 1 unspecified atom stereocenters. The van der Waals surface area contributed by atoms with Gasteiger partial charge in [-0.3, -0.25) is 4.79 Å². The number of halogens is 1. The van der Waals surface area contributed by atoms with E-state index in [9.17, 15) is 4.79 Å². The maximum atomic E-state index is 10.0. The molecule has 0 radical (unpaired) electrons. The van der Waals surface area contributed by atoms with Crippen molar-refractivity contribution in [3.63, 3.8) is 0 Å². The number of alkyl halides is 1. The Labute approximate surface area is 68.2 Å². The quantitative estimate of drug-likeness (QED) is 0.667. The molecule has 10 heavy (non-hydrogen) atoms. The number of aliphatic carboxylic acids is 1. The highest BCUT2D eigenvalue weighted by atomic mass is 79.9. The van der Waals surface area contributed by atoms with Crippen LogP contribution in [0.4, 0.5) is 0 Å². The van der Waals surface area contributed by atoms with Crippen LogP contribution in [-0.4, -0.2) is 27.6 Å². The Morgan fingerprint density at radius 1 is 1.60 bits per heavy atom. The van der Waals surface area contributed by atoms with Crippen molar-refractivity contribution in [1.82, 2.24) is 0 Å². The second-order valence-corrected chi connectivity index (χ2v) is 2.88. The molecule has 2 N–H and O–H groups in total. The summed E-state index contributed by atoms with van der Waals surface area (Å²) in [4.78, 5) is 10.0. The first-order valence-electron chi connectivity index (χ1n) is 3.12. The van der Waals surface area contributed by atoms with Gasteiger partial charge in [-0.1, -0.05) is 15.9 Å². The molecule has 0 bridgehead atoms. The molecule has 0 aliphatic carbocycles. The zero-order chi connectivity index (χ0) is 7.98. The number of rotatable bonds is 5. The summed E-state index contributed by atoms with van der Waals surface area (Å²) in [6.07, 6.45) is 0.536. The number of hydrogen-bond acceptors (Lipinski definition) is 2. The molecule has 0 rings (SSSR count). The average Bonchev–Trinajstić information content (AvgIpc) is 1.82. The van der Waals surface area contributed by atoms with Crippen LogP contribution < -0.4 is 0 Å². The first-order chi connectivity index (χ1) is 4.66. The lowest BCUT2D eigenvalue weighted by Gasteiger charge is -2.04. The fourth-order valence-corrected chi connectivity index (χ4v) is 0.940. The molecule has 0 saturated heterocycles. The van der Waals surface area contributed by atoms with Gasteiger partial charge in [-0.15, -0.1) is 0 Å². The van der Waals surface area contributed by atoms with Crippen LogP contribution in [0.1, 0.15) is 19.3 Å². The van der Waals surface area contributed by atoms with Gasteiger partial charge < -0.3 is 10.2 Å². The maximum absolute atomic E-state index is 10.0. The lowest BCUT2D eigenvalue weighted by atomic mass is 10.1. The molecule has 1 atom stereocenters. The molecule has 0 fully saturated rings. The van der Waals surface area contributed by atoms with Crippen LogP contribution in [0.3, 0.4) is 0 Å². The molecule has 0 aromatic carbocycles. The molecule has 0 amide bonds. The molecule has 0 aliphatic rings. The van der Waals surface area contributed by atoms with Crippen molar-refractivity contribution >= 4 is 21.9 Å². The van der Waals surface area contributed by atoms with E-state index in [0.717, 1.165) is 11.8 Å². The SMILES string of the molecule is O=C(O)CC(O)CCCBr. The molecule has 4 heteroatoms. The van der Waals surface area contributed by atoms with Gasteiger partial charge in [-0.25, -0.2) is 0 Å². The van der Waals surface area contributed by atoms with Crippen molar-refractivity contribution < 1.29 is 15.0 Å². The smallest absolute Gasteiger partial charge is 0.305 e. The minimum atomic E-state index is -0.943. The van der Waals surface area contributed by atoms with E-state index in [2.05, 4.69) is 15.9 Å². The molecule has 0 aromatic heterocycles. The topological polar surface area (TPSA) is 57.5 Å². The van der Waals surface area contributed by atoms with Crippen molar-refractivity contribution in [2.24, 2.45) is 0 Å². The Morgan fingerprint density at radius 2 is 2.20 bits per heavy atom. The van der Waals surface area contributed by atoms with Gasteiger partial charge >= 0.3 is 5.97 Å². The molecule has 0 aromatic rings. The van der Waals surface area contributed by atoms with Gasteiger partial charge in [0.05, 0.1) is 12.5 Å². The summed E-state index contributed by atoms with van der Waals surface area (Å²) < 4.78 is 0. The summed E-state index contributed by atoms with van der Waals surface area (Å²) in [6, 6.07) is 0. The normalized spacial score (nSPS) is 13.0. The van der Waals surface area contributed by atoms with Crippen molar-refractivity contribution in [1.29, 1.82) is 0 Å². The van der Waals surface area contributed by atoms with Crippen LogP contribution in [0.25, 0.3) is 0 Å². The third-order valence-corrected chi connectivity index (χ3v) is 1.64. The van der Waals surface area contributed by atoms with E-state index < -0.39 is 12.1 Å². The van der Waals surface area contributed by atoms with Crippen LogP contribution in [0, 0.1) is 0 Å². The van der Waals surface area contributed by atoms with Gasteiger partial charge in [0.1, 0.15) is 0 Å².